The number of nitrogens with one attached hydrogen (secondary N) is 1. The van der Waals surface area contributed by atoms with Crippen molar-refractivity contribution in [1.29, 1.82) is 0 Å². The summed E-state index contributed by atoms with van der Waals surface area (Å²) in [6.07, 6.45) is 1.37. The molecular weight excluding hydrogens is 234 g/mol. The van der Waals surface area contributed by atoms with Gasteiger partial charge in [-0.3, -0.25) is 0 Å². The fourth-order valence-corrected chi connectivity index (χ4v) is 1.61. The first-order valence-corrected chi connectivity index (χ1v) is 6.58. The van der Waals surface area contributed by atoms with Gasteiger partial charge in [0, 0.05) is 11.6 Å². The summed E-state index contributed by atoms with van der Waals surface area (Å²) in [6, 6.07) is 7.48. The van der Waals surface area contributed by atoms with Crippen LogP contribution in [0.25, 0.3) is 0 Å². The Kier molecular flexibility index (Phi) is 6.38. The Morgan fingerprint density at radius 1 is 1.18 bits per heavy atom. The summed E-state index contributed by atoms with van der Waals surface area (Å²) in [4.78, 5) is 0. The second-order valence-electron chi connectivity index (χ2n) is 4.77. The van der Waals surface area contributed by atoms with E-state index in [2.05, 4.69) is 26.1 Å². The summed E-state index contributed by atoms with van der Waals surface area (Å²) < 4.78 is 5.76. The summed E-state index contributed by atoms with van der Waals surface area (Å²) >= 11 is 5.81. The molecule has 1 aromatic carbocycles. The van der Waals surface area contributed by atoms with Gasteiger partial charge in [-0.1, -0.05) is 25.4 Å². The topological polar surface area (TPSA) is 21.3 Å². The lowest BCUT2D eigenvalue weighted by atomic mass is 10.1. The van der Waals surface area contributed by atoms with Crippen molar-refractivity contribution in [3.05, 3.63) is 29.3 Å². The SMILES string of the molecule is CC(C)CCNCC(C)Oc1ccc(Cl)cc1. The minimum Gasteiger partial charge on any atom is -0.489 e. The number of rotatable bonds is 7. The minimum atomic E-state index is 0.170. The molecule has 0 spiro atoms. The van der Waals surface area contributed by atoms with Crippen LogP contribution in [0.5, 0.6) is 5.75 Å². The Morgan fingerprint density at radius 3 is 2.41 bits per heavy atom. The van der Waals surface area contributed by atoms with Gasteiger partial charge in [-0.2, -0.15) is 0 Å². The van der Waals surface area contributed by atoms with Crippen LogP contribution in [0.2, 0.25) is 5.02 Å². The lowest BCUT2D eigenvalue weighted by Crippen LogP contribution is -2.30. The van der Waals surface area contributed by atoms with Gasteiger partial charge in [0.25, 0.3) is 0 Å². The van der Waals surface area contributed by atoms with Gasteiger partial charge in [-0.05, 0) is 50.1 Å². The molecule has 1 aromatic rings. The van der Waals surface area contributed by atoms with E-state index in [0.717, 1.165) is 29.8 Å². The first-order valence-electron chi connectivity index (χ1n) is 6.21. The van der Waals surface area contributed by atoms with Gasteiger partial charge < -0.3 is 10.1 Å². The fraction of sp³-hybridized carbons (Fsp3) is 0.571. The number of hydrogen-bond acceptors (Lipinski definition) is 2. The molecule has 0 heterocycles. The van der Waals surface area contributed by atoms with Gasteiger partial charge in [0.1, 0.15) is 11.9 Å². The van der Waals surface area contributed by atoms with Crippen LogP contribution in [0.1, 0.15) is 27.2 Å². The van der Waals surface area contributed by atoms with E-state index < -0.39 is 0 Å². The first kappa shape index (κ1) is 14.3. The Balaban J connectivity index is 2.20. The molecular formula is C14H22ClNO. The number of ether oxygens (including phenoxy) is 1. The normalized spacial score (nSPS) is 12.8. The van der Waals surface area contributed by atoms with E-state index in [9.17, 15) is 0 Å². The Bertz CT molecular complexity index is 311. The van der Waals surface area contributed by atoms with E-state index in [4.69, 9.17) is 16.3 Å². The zero-order valence-corrected chi connectivity index (χ0v) is 11.6. The summed E-state index contributed by atoms with van der Waals surface area (Å²) in [5.74, 6) is 1.61. The predicted molar refractivity (Wildman–Crippen MR) is 73.9 cm³/mol. The molecule has 0 bridgehead atoms. The van der Waals surface area contributed by atoms with Crippen LogP contribution >= 0.6 is 11.6 Å². The molecule has 1 N–H and O–H groups in total. The molecule has 0 aliphatic heterocycles. The molecule has 96 valence electrons. The van der Waals surface area contributed by atoms with E-state index in [1.54, 1.807) is 0 Å². The third kappa shape index (κ3) is 6.54. The van der Waals surface area contributed by atoms with Crippen LogP contribution in [-0.2, 0) is 0 Å². The molecule has 17 heavy (non-hydrogen) atoms. The fourth-order valence-electron chi connectivity index (χ4n) is 1.48. The summed E-state index contributed by atoms with van der Waals surface area (Å²) in [7, 11) is 0. The molecule has 1 rings (SSSR count). The van der Waals surface area contributed by atoms with Crippen molar-refractivity contribution < 1.29 is 4.74 Å². The van der Waals surface area contributed by atoms with Crippen LogP contribution in [0.4, 0.5) is 0 Å². The predicted octanol–water partition coefficient (Wildman–Crippen LogP) is 3.74. The molecule has 0 saturated carbocycles. The van der Waals surface area contributed by atoms with Crippen molar-refractivity contribution in [1.82, 2.24) is 5.32 Å². The van der Waals surface area contributed by atoms with Crippen LogP contribution in [0.15, 0.2) is 24.3 Å². The van der Waals surface area contributed by atoms with Crippen molar-refractivity contribution >= 4 is 11.6 Å². The molecule has 0 aliphatic carbocycles. The largest absolute Gasteiger partial charge is 0.489 e. The highest BCUT2D eigenvalue weighted by atomic mass is 35.5. The molecule has 0 aromatic heterocycles. The molecule has 1 unspecified atom stereocenters. The third-order valence-corrected chi connectivity index (χ3v) is 2.73. The summed E-state index contributed by atoms with van der Waals surface area (Å²) in [5.41, 5.74) is 0. The Morgan fingerprint density at radius 2 is 1.82 bits per heavy atom. The average Bonchev–Trinajstić information content (AvgIpc) is 2.27. The lowest BCUT2D eigenvalue weighted by Gasteiger charge is -2.16. The number of benzene rings is 1. The van der Waals surface area contributed by atoms with Crippen molar-refractivity contribution in [2.75, 3.05) is 13.1 Å². The molecule has 0 aliphatic rings. The second-order valence-corrected chi connectivity index (χ2v) is 5.21. The molecule has 2 nitrogen and oxygen atoms in total. The van der Waals surface area contributed by atoms with Crippen LogP contribution in [-0.4, -0.2) is 19.2 Å². The Labute approximate surface area is 109 Å². The van der Waals surface area contributed by atoms with Crippen molar-refractivity contribution in [3.8, 4) is 5.75 Å². The number of hydrogen-bond donors (Lipinski definition) is 1. The summed E-state index contributed by atoms with van der Waals surface area (Å²) in [5, 5.41) is 4.13. The lowest BCUT2D eigenvalue weighted by molar-refractivity contribution is 0.216. The highest BCUT2D eigenvalue weighted by Gasteiger charge is 2.03. The monoisotopic (exact) mass is 255 g/mol. The van der Waals surface area contributed by atoms with E-state index in [-0.39, 0.29) is 6.10 Å². The van der Waals surface area contributed by atoms with Gasteiger partial charge in [-0.25, -0.2) is 0 Å². The van der Waals surface area contributed by atoms with E-state index in [1.165, 1.54) is 6.42 Å². The zero-order valence-electron chi connectivity index (χ0n) is 10.9. The maximum Gasteiger partial charge on any atom is 0.119 e. The van der Waals surface area contributed by atoms with Crippen LogP contribution in [0.3, 0.4) is 0 Å². The van der Waals surface area contributed by atoms with Crippen molar-refractivity contribution in [2.24, 2.45) is 5.92 Å². The Hall–Kier alpha value is -0.730. The molecule has 0 amide bonds. The van der Waals surface area contributed by atoms with Crippen LogP contribution in [0, 0.1) is 5.92 Å². The van der Waals surface area contributed by atoms with E-state index in [1.807, 2.05) is 24.3 Å². The summed E-state index contributed by atoms with van der Waals surface area (Å²) in [6.45, 7) is 8.45. The van der Waals surface area contributed by atoms with Gasteiger partial charge in [0.2, 0.25) is 0 Å². The van der Waals surface area contributed by atoms with Crippen molar-refractivity contribution in [3.63, 3.8) is 0 Å². The van der Waals surface area contributed by atoms with E-state index >= 15 is 0 Å². The van der Waals surface area contributed by atoms with Gasteiger partial charge in [0.05, 0.1) is 0 Å². The van der Waals surface area contributed by atoms with E-state index in [0.29, 0.717) is 0 Å². The minimum absolute atomic E-state index is 0.170. The second kappa shape index (κ2) is 7.57. The maximum absolute atomic E-state index is 5.81. The van der Waals surface area contributed by atoms with Crippen LogP contribution < -0.4 is 10.1 Å². The van der Waals surface area contributed by atoms with Crippen molar-refractivity contribution in [2.45, 2.75) is 33.3 Å². The maximum atomic E-state index is 5.81. The van der Waals surface area contributed by atoms with Gasteiger partial charge in [0.15, 0.2) is 0 Å². The molecule has 0 saturated heterocycles. The van der Waals surface area contributed by atoms with Gasteiger partial charge >= 0.3 is 0 Å². The van der Waals surface area contributed by atoms with Gasteiger partial charge in [-0.15, -0.1) is 0 Å². The average molecular weight is 256 g/mol. The molecule has 0 fully saturated rings. The molecule has 3 heteroatoms. The third-order valence-electron chi connectivity index (χ3n) is 2.48. The smallest absolute Gasteiger partial charge is 0.119 e. The highest BCUT2D eigenvalue weighted by molar-refractivity contribution is 6.30. The quantitative estimate of drug-likeness (QED) is 0.750. The zero-order chi connectivity index (χ0) is 12.7. The molecule has 0 radical (unpaired) electrons. The standard InChI is InChI=1S/C14H22ClNO/c1-11(2)8-9-16-10-12(3)17-14-6-4-13(15)5-7-14/h4-7,11-12,16H,8-10H2,1-3H3. The number of halogens is 1. The molecule has 1 atom stereocenters. The first-order chi connectivity index (χ1) is 8.08. The highest BCUT2D eigenvalue weighted by Crippen LogP contribution is 2.16.